The van der Waals surface area contributed by atoms with E-state index in [4.69, 9.17) is 0 Å². The molecule has 0 saturated heterocycles. The number of alkyl halides is 1. The Hall–Kier alpha value is -0.670. The van der Waals surface area contributed by atoms with Crippen LogP contribution in [-0.4, -0.2) is 16.2 Å². The van der Waals surface area contributed by atoms with Gasteiger partial charge in [0.1, 0.15) is 0 Å². The zero-order chi connectivity index (χ0) is 10.7. The molecule has 1 N–H and O–H groups in total. The largest absolute Gasteiger partial charge is 0.389 e. The predicted molar refractivity (Wildman–Crippen MR) is 59.9 cm³/mol. The van der Waals surface area contributed by atoms with Crippen LogP contribution in [0.5, 0.6) is 0 Å². The van der Waals surface area contributed by atoms with E-state index in [0.29, 0.717) is 10.9 Å². The van der Waals surface area contributed by atoms with Crippen LogP contribution in [0.4, 0.5) is 0 Å². The molecule has 0 amide bonds. The van der Waals surface area contributed by atoms with E-state index in [0.717, 1.165) is 11.1 Å². The fraction of sp³-hybridized carbons (Fsp3) is 0.364. The molecule has 0 aromatic heterocycles. The van der Waals surface area contributed by atoms with Crippen molar-refractivity contribution in [2.45, 2.75) is 20.0 Å². The standard InChI is InChI=1S/C11H13BrO2/c1-7-5-9(8(2)13)3-4-10(7)11(14)6-12/h3-5,8,13H,6H2,1-2H3/t8-/m0/s1. The fourth-order valence-corrected chi connectivity index (χ4v) is 1.63. The summed E-state index contributed by atoms with van der Waals surface area (Å²) in [6.07, 6.45) is -0.484. The van der Waals surface area contributed by atoms with Crippen molar-refractivity contribution < 1.29 is 9.90 Å². The van der Waals surface area contributed by atoms with Crippen LogP contribution in [0.25, 0.3) is 0 Å². The summed E-state index contributed by atoms with van der Waals surface area (Å²) in [5.41, 5.74) is 2.47. The number of carbonyl (C=O) groups is 1. The van der Waals surface area contributed by atoms with Crippen LogP contribution < -0.4 is 0 Å². The number of carbonyl (C=O) groups excluding carboxylic acids is 1. The highest BCUT2D eigenvalue weighted by molar-refractivity contribution is 9.09. The summed E-state index contributed by atoms with van der Waals surface area (Å²) in [6.45, 7) is 3.59. The Labute approximate surface area is 92.1 Å². The van der Waals surface area contributed by atoms with Gasteiger partial charge in [-0.15, -0.1) is 0 Å². The van der Waals surface area contributed by atoms with E-state index in [9.17, 15) is 9.90 Å². The van der Waals surface area contributed by atoms with Crippen LogP contribution in [0.2, 0.25) is 0 Å². The lowest BCUT2D eigenvalue weighted by atomic mass is 10.0. The van der Waals surface area contributed by atoms with Crippen LogP contribution in [0.1, 0.15) is 34.5 Å². The van der Waals surface area contributed by atoms with E-state index in [1.165, 1.54) is 0 Å². The van der Waals surface area contributed by atoms with Gasteiger partial charge in [-0.3, -0.25) is 4.79 Å². The third-order valence-electron chi connectivity index (χ3n) is 2.15. The van der Waals surface area contributed by atoms with Gasteiger partial charge in [0.25, 0.3) is 0 Å². The first-order valence-corrected chi connectivity index (χ1v) is 5.56. The number of benzene rings is 1. The number of aliphatic hydroxyl groups is 1. The maximum absolute atomic E-state index is 11.4. The van der Waals surface area contributed by atoms with E-state index >= 15 is 0 Å². The fourth-order valence-electron chi connectivity index (χ4n) is 1.33. The van der Waals surface area contributed by atoms with E-state index in [-0.39, 0.29) is 5.78 Å². The van der Waals surface area contributed by atoms with Crippen LogP contribution in [0, 0.1) is 6.92 Å². The number of Topliss-reactive ketones (excluding diaryl/α,β-unsaturated/α-hetero) is 1. The molecule has 0 aliphatic rings. The van der Waals surface area contributed by atoms with Crippen LogP contribution >= 0.6 is 15.9 Å². The molecule has 1 aromatic carbocycles. The lowest BCUT2D eigenvalue weighted by Crippen LogP contribution is -2.04. The van der Waals surface area contributed by atoms with E-state index in [1.807, 2.05) is 13.0 Å². The Morgan fingerprint density at radius 2 is 2.21 bits per heavy atom. The van der Waals surface area contributed by atoms with Gasteiger partial charge in [0, 0.05) is 5.56 Å². The Kier molecular flexibility index (Phi) is 3.84. The SMILES string of the molecule is Cc1cc([C@H](C)O)ccc1C(=O)CBr. The van der Waals surface area contributed by atoms with Crippen LogP contribution in [0.15, 0.2) is 18.2 Å². The molecule has 0 fully saturated rings. The average molecular weight is 257 g/mol. The molecule has 0 saturated carbocycles. The van der Waals surface area contributed by atoms with Gasteiger partial charge in [-0.05, 0) is 25.0 Å². The Morgan fingerprint density at radius 3 is 2.64 bits per heavy atom. The van der Waals surface area contributed by atoms with Crippen LogP contribution in [0.3, 0.4) is 0 Å². The zero-order valence-corrected chi connectivity index (χ0v) is 9.84. The number of rotatable bonds is 3. The van der Waals surface area contributed by atoms with Gasteiger partial charge in [0.05, 0.1) is 11.4 Å². The van der Waals surface area contributed by atoms with Gasteiger partial charge in [0.2, 0.25) is 0 Å². The smallest absolute Gasteiger partial charge is 0.173 e. The van der Waals surface area contributed by atoms with Crippen molar-refractivity contribution in [1.82, 2.24) is 0 Å². The number of hydrogen-bond donors (Lipinski definition) is 1. The maximum atomic E-state index is 11.4. The monoisotopic (exact) mass is 256 g/mol. The summed E-state index contributed by atoms with van der Waals surface area (Å²) >= 11 is 3.13. The number of ketones is 1. The molecule has 14 heavy (non-hydrogen) atoms. The molecule has 0 spiro atoms. The number of aryl methyl sites for hydroxylation is 1. The molecule has 0 radical (unpaired) electrons. The quantitative estimate of drug-likeness (QED) is 0.667. The predicted octanol–water partition coefficient (Wildman–Crippen LogP) is 2.63. The van der Waals surface area contributed by atoms with Gasteiger partial charge in [0.15, 0.2) is 5.78 Å². The first kappa shape index (κ1) is 11.4. The molecule has 3 heteroatoms. The molecule has 0 bridgehead atoms. The summed E-state index contributed by atoms with van der Waals surface area (Å²) in [5.74, 6) is 0.0691. The first-order chi connectivity index (χ1) is 6.56. The maximum Gasteiger partial charge on any atom is 0.173 e. The lowest BCUT2D eigenvalue weighted by molar-refractivity contribution is 0.102. The highest BCUT2D eigenvalue weighted by Gasteiger charge is 2.09. The van der Waals surface area contributed by atoms with Crippen molar-refractivity contribution >= 4 is 21.7 Å². The number of hydrogen-bond acceptors (Lipinski definition) is 2. The molecule has 0 aliphatic heterocycles. The molecule has 2 nitrogen and oxygen atoms in total. The van der Waals surface area contributed by atoms with Gasteiger partial charge in [-0.25, -0.2) is 0 Å². The minimum Gasteiger partial charge on any atom is -0.389 e. The molecule has 0 aliphatic carbocycles. The van der Waals surface area contributed by atoms with Gasteiger partial charge in [-0.1, -0.05) is 34.1 Å². The zero-order valence-electron chi connectivity index (χ0n) is 8.25. The number of halogens is 1. The minimum absolute atomic E-state index is 0.0691. The van der Waals surface area contributed by atoms with Crippen molar-refractivity contribution in [3.8, 4) is 0 Å². The highest BCUT2D eigenvalue weighted by atomic mass is 79.9. The number of aliphatic hydroxyl groups excluding tert-OH is 1. The van der Waals surface area contributed by atoms with Crippen molar-refractivity contribution in [3.63, 3.8) is 0 Å². The summed E-state index contributed by atoms with van der Waals surface area (Å²) in [5, 5.41) is 9.68. The topological polar surface area (TPSA) is 37.3 Å². The molecule has 76 valence electrons. The molecular weight excluding hydrogens is 244 g/mol. The normalized spacial score (nSPS) is 12.6. The third kappa shape index (κ3) is 2.42. The van der Waals surface area contributed by atoms with Gasteiger partial charge >= 0.3 is 0 Å². The molecular formula is C11H13BrO2. The molecule has 1 rings (SSSR count). The summed E-state index contributed by atoms with van der Waals surface area (Å²) in [4.78, 5) is 11.4. The third-order valence-corrected chi connectivity index (χ3v) is 2.66. The highest BCUT2D eigenvalue weighted by Crippen LogP contribution is 2.17. The lowest BCUT2D eigenvalue weighted by Gasteiger charge is -2.08. The average Bonchev–Trinajstić information content (AvgIpc) is 2.16. The first-order valence-electron chi connectivity index (χ1n) is 4.44. The van der Waals surface area contributed by atoms with Crippen LogP contribution in [-0.2, 0) is 0 Å². The summed E-state index contributed by atoms with van der Waals surface area (Å²) < 4.78 is 0. The summed E-state index contributed by atoms with van der Waals surface area (Å²) in [7, 11) is 0. The van der Waals surface area contributed by atoms with Crippen molar-refractivity contribution in [2.24, 2.45) is 0 Å². The van der Waals surface area contributed by atoms with Gasteiger partial charge in [-0.2, -0.15) is 0 Å². The van der Waals surface area contributed by atoms with E-state index in [2.05, 4.69) is 15.9 Å². The Morgan fingerprint density at radius 1 is 1.57 bits per heavy atom. The van der Waals surface area contributed by atoms with Crippen molar-refractivity contribution in [2.75, 3.05) is 5.33 Å². The molecule has 1 aromatic rings. The van der Waals surface area contributed by atoms with Crippen molar-refractivity contribution in [3.05, 3.63) is 34.9 Å². The Balaban J connectivity index is 3.07. The van der Waals surface area contributed by atoms with Gasteiger partial charge < -0.3 is 5.11 Å². The van der Waals surface area contributed by atoms with Crippen molar-refractivity contribution in [1.29, 1.82) is 0 Å². The molecule has 0 unspecified atom stereocenters. The molecule has 1 atom stereocenters. The molecule has 0 heterocycles. The second kappa shape index (κ2) is 4.71. The summed E-state index contributed by atoms with van der Waals surface area (Å²) in [6, 6.07) is 5.40. The second-order valence-electron chi connectivity index (χ2n) is 3.31. The second-order valence-corrected chi connectivity index (χ2v) is 3.87. The Bertz CT molecular complexity index is 345. The van der Waals surface area contributed by atoms with E-state index in [1.54, 1.807) is 19.1 Å². The van der Waals surface area contributed by atoms with E-state index < -0.39 is 6.10 Å². The minimum atomic E-state index is -0.484.